The SMILES string of the molecule is CCCCCCCOC(=O)CCCCCC(C)C. The molecule has 0 amide bonds. The quantitative estimate of drug-likeness (QED) is 0.358. The van der Waals surface area contributed by atoms with E-state index in [2.05, 4.69) is 20.8 Å². The van der Waals surface area contributed by atoms with Gasteiger partial charge in [-0.1, -0.05) is 65.7 Å². The van der Waals surface area contributed by atoms with Crippen molar-refractivity contribution in [3.63, 3.8) is 0 Å². The van der Waals surface area contributed by atoms with Crippen LogP contribution in [0.5, 0.6) is 0 Å². The van der Waals surface area contributed by atoms with Gasteiger partial charge in [-0.2, -0.15) is 0 Å². The molecule has 0 saturated carbocycles. The Labute approximate surface area is 113 Å². The van der Waals surface area contributed by atoms with E-state index in [4.69, 9.17) is 4.74 Å². The number of hydrogen-bond donors (Lipinski definition) is 0. The summed E-state index contributed by atoms with van der Waals surface area (Å²) in [7, 11) is 0. The molecule has 0 saturated heterocycles. The van der Waals surface area contributed by atoms with Gasteiger partial charge in [0.05, 0.1) is 6.61 Å². The number of carbonyl (C=O) groups excluding carboxylic acids is 1. The van der Waals surface area contributed by atoms with Gasteiger partial charge in [-0.05, 0) is 18.8 Å². The second kappa shape index (κ2) is 12.9. The molecule has 0 unspecified atom stereocenters. The Hall–Kier alpha value is -0.530. The molecule has 0 aromatic heterocycles. The molecule has 0 rings (SSSR count). The van der Waals surface area contributed by atoms with E-state index in [0.29, 0.717) is 13.0 Å². The summed E-state index contributed by atoms with van der Waals surface area (Å²) in [6.45, 7) is 7.31. The van der Waals surface area contributed by atoms with Crippen molar-refractivity contribution >= 4 is 5.97 Å². The van der Waals surface area contributed by atoms with Gasteiger partial charge in [0.15, 0.2) is 0 Å². The highest BCUT2D eigenvalue weighted by Gasteiger charge is 2.02. The molecule has 108 valence electrons. The third-order valence-electron chi connectivity index (χ3n) is 3.17. The zero-order valence-corrected chi connectivity index (χ0v) is 12.7. The Morgan fingerprint density at radius 2 is 1.61 bits per heavy atom. The molecule has 0 fully saturated rings. The average Bonchev–Trinajstić information content (AvgIpc) is 2.33. The summed E-state index contributed by atoms with van der Waals surface area (Å²) >= 11 is 0. The maximum Gasteiger partial charge on any atom is 0.305 e. The summed E-state index contributed by atoms with van der Waals surface area (Å²) in [4.78, 5) is 11.4. The van der Waals surface area contributed by atoms with E-state index in [1.165, 1.54) is 38.5 Å². The first-order valence-corrected chi connectivity index (χ1v) is 7.82. The zero-order valence-electron chi connectivity index (χ0n) is 12.7. The first-order chi connectivity index (χ1) is 8.66. The lowest BCUT2D eigenvalue weighted by molar-refractivity contribution is -0.143. The van der Waals surface area contributed by atoms with Crippen LogP contribution in [-0.2, 0) is 9.53 Å². The molecule has 0 aromatic rings. The minimum atomic E-state index is -0.00459. The molecule has 0 aliphatic carbocycles. The van der Waals surface area contributed by atoms with Crippen molar-refractivity contribution in [1.82, 2.24) is 0 Å². The van der Waals surface area contributed by atoms with Crippen LogP contribution in [0, 0.1) is 5.92 Å². The summed E-state index contributed by atoms with van der Waals surface area (Å²) in [5.41, 5.74) is 0. The molecule has 0 aliphatic heterocycles. The molecule has 0 atom stereocenters. The van der Waals surface area contributed by atoms with Gasteiger partial charge in [0, 0.05) is 6.42 Å². The van der Waals surface area contributed by atoms with Crippen LogP contribution in [0.1, 0.15) is 85.0 Å². The number of unbranched alkanes of at least 4 members (excludes halogenated alkanes) is 6. The second-order valence-electron chi connectivity index (χ2n) is 5.63. The second-order valence-corrected chi connectivity index (χ2v) is 5.63. The summed E-state index contributed by atoms with van der Waals surface area (Å²) < 4.78 is 5.21. The van der Waals surface area contributed by atoms with E-state index >= 15 is 0 Å². The van der Waals surface area contributed by atoms with Crippen molar-refractivity contribution in [3.05, 3.63) is 0 Å². The van der Waals surface area contributed by atoms with Gasteiger partial charge in [-0.15, -0.1) is 0 Å². The molecule has 0 spiro atoms. The Morgan fingerprint density at radius 3 is 2.28 bits per heavy atom. The topological polar surface area (TPSA) is 26.3 Å². The lowest BCUT2D eigenvalue weighted by Crippen LogP contribution is -2.05. The fourth-order valence-electron chi connectivity index (χ4n) is 1.96. The fourth-order valence-corrected chi connectivity index (χ4v) is 1.96. The van der Waals surface area contributed by atoms with E-state index in [1.807, 2.05) is 0 Å². The van der Waals surface area contributed by atoms with Crippen LogP contribution < -0.4 is 0 Å². The predicted octanol–water partition coefficient (Wildman–Crippen LogP) is 5.11. The Bertz CT molecular complexity index is 188. The van der Waals surface area contributed by atoms with Crippen LogP contribution in [-0.4, -0.2) is 12.6 Å². The van der Waals surface area contributed by atoms with Crippen LogP contribution in [0.15, 0.2) is 0 Å². The summed E-state index contributed by atoms with van der Waals surface area (Å²) in [6, 6.07) is 0. The summed E-state index contributed by atoms with van der Waals surface area (Å²) in [5.74, 6) is 0.773. The normalized spacial score (nSPS) is 10.9. The summed E-state index contributed by atoms with van der Waals surface area (Å²) in [5, 5.41) is 0. The molecule has 0 heterocycles. The molecule has 0 radical (unpaired) electrons. The third-order valence-corrected chi connectivity index (χ3v) is 3.17. The van der Waals surface area contributed by atoms with E-state index < -0.39 is 0 Å². The summed E-state index contributed by atoms with van der Waals surface area (Å²) in [6.07, 6.45) is 11.3. The lowest BCUT2D eigenvalue weighted by atomic mass is 10.0. The molecule has 2 nitrogen and oxygen atoms in total. The van der Waals surface area contributed by atoms with E-state index in [-0.39, 0.29) is 5.97 Å². The average molecular weight is 256 g/mol. The van der Waals surface area contributed by atoms with Crippen molar-refractivity contribution in [2.45, 2.75) is 85.0 Å². The van der Waals surface area contributed by atoms with E-state index in [9.17, 15) is 4.79 Å². The molecule has 18 heavy (non-hydrogen) atoms. The first-order valence-electron chi connectivity index (χ1n) is 7.82. The van der Waals surface area contributed by atoms with Gasteiger partial charge in [0.2, 0.25) is 0 Å². The lowest BCUT2D eigenvalue weighted by Gasteiger charge is -2.06. The van der Waals surface area contributed by atoms with E-state index in [0.717, 1.165) is 25.2 Å². The van der Waals surface area contributed by atoms with E-state index in [1.54, 1.807) is 0 Å². The number of hydrogen-bond acceptors (Lipinski definition) is 2. The predicted molar refractivity (Wildman–Crippen MR) is 77.6 cm³/mol. The van der Waals surface area contributed by atoms with Crippen molar-refractivity contribution < 1.29 is 9.53 Å². The van der Waals surface area contributed by atoms with Crippen LogP contribution >= 0.6 is 0 Å². The maximum atomic E-state index is 11.4. The molecule has 0 aliphatic rings. The Kier molecular flexibility index (Phi) is 12.5. The third kappa shape index (κ3) is 13.5. The molecule has 0 bridgehead atoms. The van der Waals surface area contributed by atoms with Gasteiger partial charge in [0.25, 0.3) is 0 Å². The minimum Gasteiger partial charge on any atom is -0.466 e. The molecular formula is C16H32O2. The van der Waals surface area contributed by atoms with Crippen molar-refractivity contribution in [3.8, 4) is 0 Å². The van der Waals surface area contributed by atoms with Crippen molar-refractivity contribution in [2.75, 3.05) is 6.61 Å². The zero-order chi connectivity index (χ0) is 13.6. The number of esters is 1. The fraction of sp³-hybridized carbons (Fsp3) is 0.938. The smallest absolute Gasteiger partial charge is 0.305 e. The number of ether oxygens (including phenoxy) is 1. The highest BCUT2D eigenvalue weighted by atomic mass is 16.5. The molecule has 2 heteroatoms. The van der Waals surface area contributed by atoms with Gasteiger partial charge in [-0.3, -0.25) is 4.79 Å². The highest BCUT2D eigenvalue weighted by Crippen LogP contribution is 2.10. The van der Waals surface area contributed by atoms with Crippen LogP contribution in [0.25, 0.3) is 0 Å². The highest BCUT2D eigenvalue weighted by molar-refractivity contribution is 5.69. The largest absolute Gasteiger partial charge is 0.466 e. The van der Waals surface area contributed by atoms with Crippen molar-refractivity contribution in [2.24, 2.45) is 5.92 Å². The molecular weight excluding hydrogens is 224 g/mol. The monoisotopic (exact) mass is 256 g/mol. The van der Waals surface area contributed by atoms with Crippen molar-refractivity contribution in [1.29, 1.82) is 0 Å². The Balaban J connectivity index is 3.17. The first kappa shape index (κ1) is 17.5. The standard InChI is InChI=1S/C16H32O2/c1-4-5-6-7-11-14-18-16(17)13-10-8-9-12-15(2)3/h15H,4-14H2,1-3H3. The van der Waals surface area contributed by atoms with Gasteiger partial charge < -0.3 is 4.74 Å². The minimum absolute atomic E-state index is 0.00459. The van der Waals surface area contributed by atoms with Gasteiger partial charge in [0.1, 0.15) is 0 Å². The Morgan fingerprint density at radius 1 is 0.944 bits per heavy atom. The van der Waals surface area contributed by atoms with Gasteiger partial charge in [-0.25, -0.2) is 0 Å². The van der Waals surface area contributed by atoms with Gasteiger partial charge >= 0.3 is 5.97 Å². The maximum absolute atomic E-state index is 11.4. The van der Waals surface area contributed by atoms with Crippen LogP contribution in [0.4, 0.5) is 0 Å². The molecule has 0 N–H and O–H groups in total. The number of carbonyl (C=O) groups is 1. The van der Waals surface area contributed by atoms with Crippen LogP contribution in [0.2, 0.25) is 0 Å². The molecule has 0 aromatic carbocycles. The number of rotatable bonds is 12. The van der Waals surface area contributed by atoms with Crippen LogP contribution in [0.3, 0.4) is 0 Å².